The summed E-state index contributed by atoms with van der Waals surface area (Å²) in [4.78, 5) is 2.39. The molecule has 0 spiro atoms. The molecule has 2 fully saturated rings. The Hall–Kier alpha value is -0.870. The van der Waals surface area contributed by atoms with Crippen molar-refractivity contribution in [3.63, 3.8) is 0 Å². The van der Waals surface area contributed by atoms with E-state index >= 15 is 0 Å². The van der Waals surface area contributed by atoms with Crippen molar-refractivity contribution in [2.24, 2.45) is 5.73 Å². The number of hydrogen-bond donors (Lipinski definition) is 1. The lowest BCUT2D eigenvalue weighted by molar-refractivity contribution is 0.0593. The van der Waals surface area contributed by atoms with Crippen molar-refractivity contribution in [3.05, 3.63) is 18.0 Å². The first kappa shape index (κ1) is 12.2. The standard InChI is InChI=1S/C14H24N4/c1-2-14(15)10-17(11-14)9-12-7-8-18(16-12)13-5-3-4-6-13/h7-8,13H,2-6,9-11,15H2,1H3. The van der Waals surface area contributed by atoms with Crippen LogP contribution in [0.3, 0.4) is 0 Å². The number of aromatic nitrogens is 2. The van der Waals surface area contributed by atoms with Crippen molar-refractivity contribution < 1.29 is 0 Å². The van der Waals surface area contributed by atoms with Gasteiger partial charge in [0.25, 0.3) is 0 Å². The molecule has 1 saturated heterocycles. The summed E-state index contributed by atoms with van der Waals surface area (Å²) in [5.41, 5.74) is 7.44. The molecule has 2 aliphatic rings. The molecule has 1 aliphatic carbocycles. The van der Waals surface area contributed by atoms with Gasteiger partial charge in [0.15, 0.2) is 0 Å². The largest absolute Gasteiger partial charge is 0.323 e. The fourth-order valence-corrected chi connectivity index (χ4v) is 3.24. The zero-order valence-corrected chi connectivity index (χ0v) is 11.3. The first-order valence-corrected chi connectivity index (χ1v) is 7.24. The summed E-state index contributed by atoms with van der Waals surface area (Å²) in [6, 6.07) is 2.82. The molecule has 1 aliphatic heterocycles. The molecule has 100 valence electrons. The Morgan fingerprint density at radius 1 is 1.39 bits per heavy atom. The lowest BCUT2D eigenvalue weighted by Crippen LogP contribution is -2.66. The molecule has 0 aromatic carbocycles. The molecule has 2 N–H and O–H groups in total. The summed E-state index contributed by atoms with van der Waals surface area (Å²) >= 11 is 0. The van der Waals surface area contributed by atoms with Gasteiger partial charge in [0.2, 0.25) is 0 Å². The van der Waals surface area contributed by atoms with Crippen molar-refractivity contribution in [1.29, 1.82) is 0 Å². The topological polar surface area (TPSA) is 47.1 Å². The Balaban J connectivity index is 1.55. The van der Waals surface area contributed by atoms with E-state index in [1.807, 2.05) is 0 Å². The summed E-state index contributed by atoms with van der Waals surface area (Å²) in [5.74, 6) is 0. The molecular weight excluding hydrogens is 224 g/mol. The predicted octanol–water partition coefficient (Wildman–Crippen LogP) is 1.92. The minimum absolute atomic E-state index is 0.0635. The van der Waals surface area contributed by atoms with Crippen molar-refractivity contribution in [1.82, 2.24) is 14.7 Å². The predicted molar refractivity (Wildman–Crippen MR) is 72.2 cm³/mol. The van der Waals surface area contributed by atoms with Gasteiger partial charge >= 0.3 is 0 Å². The van der Waals surface area contributed by atoms with E-state index in [4.69, 9.17) is 10.8 Å². The molecule has 0 radical (unpaired) electrons. The Morgan fingerprint density at radius 3 is 2.78 bits per heavy atom. The molecule has 0 bridgehead atoms. The molecule has 4 heteroatoms. The highest BCUT2D eigenvalue weighted by molar-refractivity contribution is 5.05. The molecule has 1 aromatic heterocycles. The highest BCUT2D eigenvalue weighted by Crippen LogP contribution is 2.29. The maximum atomic E-state index is 6.18. The molecule has 1 saturated carbocycles. The Kier molecular flexibility index (Phi) is 3.16. The van der Waals surface area contributed by atoms with Crippen LogP contribution < -0.4 is 5.73 Å². The third-order valence-electron chi connectivity index (χ3n) is 4.53. The summed E-state index contributed by atoms with van der Waals surface area (Å²) in [6.07, 6.45) is 8.54. The van der Waals surface area contributed by atoms with E-state index in [-0.39, 0.29) is 5.54 Å². The lowest BCUT2D eigenvalue weighted by atomic mass is 9.88. The molecule has 2 heterocycles. The molecule has 0 amide bonds. The average Bonchev–Trinajstić information content (AvgIpc) is 2.96. The first-order valence-electron chi connectivity index (χ1n) is 7.24. The lowest BCUT2D eigenvalue weighted by Gasteiger charge is -2.47. The minimum Gasteiger partial charge on any atom is -0.323 e. The van der Waals surface area contributed by atoms with Gasteiger partial charge in [-0.15, -0.1) is 0 Å². The molecule has 18 heavy (non-hydrogen) atoms. The minimum atomic E-state index is 0.0635. The number of likely N-dealkylation sites (tertiary alicyclic amines) is 1. The second-order valence-corrected chi connectivity index (χ2v) is 6.09. The fourth-order valence-electron chi connectivity index (χ4n) is 3.24. The van der Waals surface area contributed by atoms with E-state index in [1.54, 1.807) is 0 Å². The zero-order chi connectivity index (χ0) is 12.6. The quantitative estimate of drug-likeness (QED) is 0.885. The monoisotopic (exact) mass is 248 g/mol. The second kappa shape index (κ2) is 4.67. The molecule has 0 unspecified atom stereocenters. The van der Waals surface area contributed by atoms with E-state index < -0.39 is 0 Å². The smallest absolute Gasteiger partial charge is 0.0764 e. The van der Waals surface area contributed by atoms with Crippen molar-refractivity contribution in [3.8, 4) is 0 Å². The van der Waals surface area contributed by atoms with E-state index in [1.165, 1.54) is 31.4 Å². The SMILES string of the molecule is CCC1(N)CN(Cc2ccn(C3CCCC3)n2)C1. The number of nitrogens with two attached hydrogens (primary N) is 1. The van der Waals surface area contributed by atoms with Crippen LogP contribution in [0.5, 0.6) is 0 Å². The van der Waals surface area contributed by atoms with E-state index in [9.17, 15) is 0 Å². The molecule has 1 aromatic rings. The second-order valence-electron chi connectivity index (χ2n) is 6.09. The van der Waals surface area contributed by atoms with Gasteiger partial charge in [-0.3, -0.25) is 9.58 Å². The summed E-state index contributed by atoms with van der Waals surface area (Å²) in [6.45, 7) is 5.16. The van der Waals surface area contributed by atoms with Crippen LogP contribution in [0.4, 0.5) is 0 Å². The van der Waals surface area contributed by atoms with Gasteiger partial charge in [-0.25, -0.2) is 0 Å². The summed E-state index contributed by atoms with van der Waals surface area (Å²) in [5, 5.41) is 4.72. The highest BCUT2D eigenvalue weighted by Gasteiger charge is 2.37. The van der Waals surface area contributed by atoms with Gasteiger partial charge in [-0.1, -0.05) is 19.8 Å². The third-order valence-corrected chi connectivity index (χ3v) is 4.53. The van der Waals surface area contributed by atoms with Gasteiger partial charge in [0, 0.05) is 31.4 Å². The molecule has 0 atom stereocenters. The van der Waals surface area contributed by atoms with Crippen molar-refractivity contribution in [2.75, 3.05) is 13.1 Å². The average molecular weight is 248 g/mol. The fraction of sp³-hybridized carbons (Fsp3) is 0.786. The van der Waals surface area contributed by atoms with Crippen LogP contribution in [0.2, 0.25) is 0 Å². The Labute approximate surface area is 109 Å². The summed E-state index contributed by atoms with van der Waals surface area (Å²) in [7, 11) is 0. The van der Waals surface area contributed by atoms with E-state index in [0.717, 1.165) is 26.1 Å². The van der Waals surface area contributed by atoms with E-state index in [0.29, 0.717) is 6.04 Å². The maximum Gasteiger partial charge on any atom is 0.0764 e. The van der Waals surface area contributed by atoms with Gasteiger partial charge in [-0.2, -0.15) is 5.10 Å². The number of rotatable bonds is 4. The normalized spacial score (nSPS) is 24.3. The van der Waals surface area contributed by atoms with Crippen LogP contribution in [0.25, 0.3) is 0 Å². The van der Waals surface area contributed by atoms with Crippen molar-refractivity contribution >= 4 is 0 Å². The van der Waals surface area contributed by atoms with Crippen LogP contribution >= 0.6 is 0 Å². The Bertz CT molecular complexity index is 400. The maximum absolute atomic E-state index is 6.18. The summed E-state index contributed by atoms with van der Waals surface area (Å²) < 4.78 is 2.18. The zero-order valence-electron chi connectivity index (χ0n) is 11.3. The molecule has 3 rings (SSSR count). The highest BCUT2D eigenvalue weighted by atomic mass is 15.3. The van der Waals surface area contributed by atoms with Crippen LogP contribution in [-0.2, 0) is 6.54 Å². The Morgan fingerprint density at radius 2 is 2.11 bits per heavy atom. The van der Waals surface area contributed by atoms with Gasteiger partial charge in [0.1, 0.15) is 0 Å². The first-order chi connectivity index (χ1) is 8.68. The number of nitrogens with zero attached hydrogens (tertiary/aromatic N) is 3. The van der Waals surface area contributed by atoms with E-state index in [2.05, 4.69) is 28.8 Å². The van der Waals surface area contributed by atoms with Gasteiger partial charge < -0.3 is 5.73 Å². The van der Waals surface area contributed by atoms with Crippen LogP contribution in [0, 0.1) is 0 Å². The molecular formula is C14H24N4. The van der Waals surface area contributed by atoms with Crippen LogP contribution in [-0.4, -0.2) is 33.3 Å². The molecule has 4 nitrogen and oxygen atoms in total. The van der Waals surface area contributed by atoms with Crippen LogP contribution in [0.15, 0.2) is 12.3 Å². The third kappa shape index (κ3) is 2.31. The van der Waals surface area contributed by atoms with Crippen molar-refractivity contribution in [2.45, 2.75) is 57.2 Å². The number of hydrogen-bond acceptors (Lipinski definition) is 3. The van der Waals surface area contributed by atoms with Gasteiger partial charge in [-0.05, 0) is 25.3 Å². The van der Waals surface area contributed by atoms with Crippen LogP contribution in [0.1, 0.15) is 50.8 Å². The van der Waals surface area contributed by atoms with Gasteiger partial charge in [0.05, 0.1) is 11.7 Å².